The van der Waals surface area contributed by atoms with Gasteiger partial charge in [0.1, 0.15) is 35.1 Å². The zero-order valence-corrected chi connectivity index (χ0v) is 22.8. The van der Waals surface area contributed by atoms with E-state index in [9.17, 15) is 0 Å². The molecule has 0 unspecified atom stereocenters. The summed E-state index contributed by atoms with van der Waals surface area (Å²) >= 11 is 0. The third kappa shape index (κ3) is 6.24. The number of para-hydroxylation sites is 1. The van der Waals surface area contributed by atoms with E-state index in [1.54, 1.807) is 0 Å². The van der Waals surface area contributed by atoms with Crippen LogP contribution in [-0.2, 0) is 12.6 Å². The predicted molar refractivity (Wildman–Crippen MR) is 165 cm³/mol. The quantitative estimate of drug-likeness (QED) is 0.121. The van der Waals surface area contributed by atoms with Gasteiger partial charge in [0.2, 0.25) is 0 Å². The topological polar surface area (TPSA) is 9.23 Å². The summed E-state index contributed by atoms with van der Waals surface area (Å²) in [6, 6.07) is 52.7. The first-order valence-electron chi connectivity index (χ1n) is 13.7. The lowest BCUT2D eigenvalue weighted by molar-refractivity contribution is 0.303. The van der Waals surface area contributed by atoms with Gasteiger partial charge < -0.3 is 4.74 Å². The molecule has 0 saturated heterocycles. The molecular weight excluding hydrogens is 479 g/mol. The Morgan fingerprint density at radius 1 is 0.447 bits per heavy atom. The van der Waals surface area contributed by atoms with Crippen molar-refractivity contribution in [2.24, 2.45) is 0 Å². The van der Waals surface area contributed by atoms with Crippen LogP contribution in [-0.4, -0.2) is 6.61 Å². The van der Waals surface area contributed by atoms with Crippen LogP contribution in [0.1, 0.15) is 30.4 Å². The number of hydrogen-bond donors (Lipinski definition) is 0. The Hall–Kier alpha value is -3.67. The minimum Gasteiger partial charge on any atom is -0.493 e. The Kier molecular flexibility index (Phi) is 9.03. The van der Waals surface area contributed by atoms with Crippen molar-refractivity contribution >= 4 is 23.2 Å². The largest absolute Gasteiger partial charge is 0.493 e. The maximum absolute atomic E-state index is 6.46. The van der Waals surface area contributed by atoms with Crippen LogP contribution in [0.2, 0.25) is 0 Å². The van der Waals surface area contributed by atoms with E-state index in [0.29, 0.717) is 0 Å². The highest BCUT2D eigenvalue weighted by Gasteiger charge is 2.45. The molecule has 38 heavy (non-hydrogen) atoms. The number of aryl methyl sites for hydroxylation is 1. The molecule has 0 radical (unpaired) electrons. The standard InChI is InChI=1S/C36H36OP/c1-6-18-31(19-7-1)20-8-5-17-29-37-36-28-16-15-21-32(36)30-38(33-22-9-2-10-23-33,34-24-11-3-12-25-34)35-26-13-4-14-27-35/h1-4,6-7,9-16,18-19,21-28H,5,8,17,20,29-30H2/q+1. The second-order valence-corrected chi connectivity index (χ2v) is 13.2. The van der Waals surface area contributed by atoms with Gasteiger partial charge in [-0.1, -0.05) is 103 Å². The van der Waals surface area contributed by atoms with Gasteiger partial charge in [0.25, 0.3) is 0 Å². The summed E-state index contributed by atoms with van der Waals surface area (Å²) < 4.78 is 6.46. The predicted octanol–water partition coefficient (Wildman–Crippen LogP) is 7.97. The van der Waals surface area contributed by atoms with Gasteiger partial charge in [0.05, 0.1) is 6.61 Å². The molecule has 0 fully saturated rings. The summed E-state index contributed by atoms with van der Waals surface area (Å²) in [6.45, 7) is 0.749. The van der Waals surface area contributed by atoms with Crippen molar-refractivity contribution in [3.05, 3.63) is 157 Å². The van der Waals surface area contributed by atoms with Crippen LogP contribution >= 0.6 is 7.26 Å². The summed E-state index contributed by atoms with van der Waals surface area (Å²) in [5, 5.41) is 4.19. The lowest BCUT2D eigenvalue weighted by Crippen LogP contribution is -2.32. The third-order valence-electron chi connectivity index (χ3n) is 7.18. The van der Waals surface area contributed by atoms with E-state index in [-0.39, 0.29) is 0 Å². The normalized spacial score (nSPS) is 11.3. The summed E-state index contributed by atoms with van der Waals surface area (Å²) in [4.78, 5) is 0. The number of ether oxygens (including phenoxy) is 1. The average molecular weight is 516 g/mol. The van der Waals surface area contributed by atoms with E-state index >= 15 is 0 Å². The molecule has 0 aliphatic rings. The number of unbranched alkanes of at least 4 members (excludes halogenated alkanes) is 2. The Morgan fingerprint density at radius 2 is 0.921 bits per heavy atom. The summed E-state index contributed by atoms with van der Waals surface area (Å²) in [5.41, 5.74) is 2.70. The van der Waals surface area contributed by atoms with Gasteiger partial charge in [-0.2, -0.15) is 0 Å². The fourth-order valence-corrected chi connectivity index (χ4v) is 9.49. The maximum Gasteiger partial charge on any atom is 0.126 e. The highest BCUT2D eigenvalue weighted by molar-refractivity contribution is 7.95. The SMILES string of the molecule is c1ccc(CCCCCOc2ccccc2C[P+](c2ccccc2)(c2ccccc2)c2ccccc2)cc1. The fraction of sp³-hybridized carbons (Fsp3) is 0.167. The van der Waals surface area contributed by atoms with Crippen molar-refractivity contribution in [1.29, 1.82) is 0 Å². The molecule has 190 valence electrons. The molecule has 5 aromatic rings. The highest BCUT2D eigenvalue weighted by atomic mass is 31.2. The Bertz CT molecular complexity index is 1270. The molecule has 0 atom stereocenters. The van der Waals surface area contributed by atoms with Crippen LogP contribution in [0.15, 0.2) is 146 Å². The smallest absolute Gasteiger partial charge is 0.126 e. The Balaban J connectivity index is 1.39. The van der Waals surface area contributed by atoms with Crippen LogP contribution in [0.25, 0.3) is 0 Å². The monoisotopic (exact) mass is 515 g/mol. The molecule has 0 aromatic heterocycles. The molecule has 0 N–H and O–H groups in total. The molecule has 0 spiro atoms. The van der Waals surface area contributed by atoms with Gasteiger partial charge in [-0.15, -0.1) is 0 Å². The van der Waals surface area contributed by atoms with E-state index in [1.165, 1.54) is 39.9 Å². The second kappa shape index (κ2) is 13.2. The molecule has 0 saturated carbocycles. The lowest BCUT2D eigenvalue weighted by Gasteiger charge is -2.28. The first-order valence-corrected chi connectivity index (χ1v) is 15.6. The van der Waals surface area contributed by atoms with E-state index in [2.05, 4.69) is 146 Å². The van der Waals surface area contributed by atoms with E-state index in [4.69, 9.17) is 4.74 Å². The zero-order valence-electron chi connectivity index (χ0n) is 22.0. The summed E-state index contributed by atoms with van der Waals surface area (Å²) in [6.07, 6.45) is 5.49. The molecule has 5 aromatic carbocycles. The minimum absolute atomic E-state index is 0.749. The van der Waals surface area contributed by atoms with Gasteiger partial charge >= 0.3 is 0 Å². The zero-order chi connectivity index (χ0) is 25.9. The molecule has 1 nitrogen and oxygen atoms in total. The lowest BCUT2D eigenvalue weighted by atomic mass is 10.1. The fourth-order valence-electron chi connectivity index (χ4n) is 5.23. The molecule has 0 amide bonds. The average Bonchev–Trinajstić information content (AvgIpc) is 3.00. The van der Waals surface area contributed by atoms with Crippen molar-refractivity contribution < 1.29 is 4.74 Å². The molecular formula is C36H36OP+. The summed E-state index contributed by atoms with van der Waals surface area (Å²) in [7, 11) is -1.97. The molecule has 2 heteroatoms. The van der Waals surface area contributed by atoms with Gasteiger partial charge in [0.15, 0.2) is 0 Å². The minimum atomic E-state index is -1.97. The van der Waals surface area contributed by atoms with Crippen molar-refractivity contribution in [3.8, 4) is 5.75 Å². The van der Waals surface area contributed by atoms with Crippen LogP contribution < -0.4 is 20.7 Å². The first kappa shape index (κ1) is 26.0. The summed E-state index contributed by atoms with van der Waals surface area (Å²) in [5.74, 6) is 1.02. The molecule has 0 bridgehead atoms. The molecule has 0 heterocycles. The molecule has 0 aliphatic carbocycles. The molecule has 0 aliphatic heterocycles. The van der Waals surface area contributed by atoms with Crippen LogP contribution in [0, 0.1) is 0 Å². The maximum atomic E-state index is 6.46. The molecule has 5 rings (SSSR count). The van der Waals surface area contributed by atoms with Gasteiger partial charge in [-0.05, 0) is 73.7 Å². The van der Waals surface area contributed by atoms with Crippen molar-refractivity contribution in [2.75, 3.05) is 6.61 Å². The Morgan fingerprint density at radius 3 is 1.47 bits per heavy atom. The van der Waals surface area contributed by atoms with Crippen molar-refractivity contribution in [3.63, 3.8) is 0 Å². The van der Waals surface area contributed by atoms with Gasteiger partial charge in [-0.25, -0.2) is 0 Å². The van der Waals surface area contributed by atoms with Crippen LogP contribution in [0.3, 0.4) is 0 Å². The number of rotatable bonds is 12. The van der Waals surface area contributed by atoms with Crippen molar-refractivity contribution in [2.45, 2.75) is 31.8 Å². The van der Waals surface area contributed by atoms with E-state index < -0.39 is 7.26 Å². The number of hydrogen-bond acceptors (Lipinski definition) is 1. The van der Waals surface area contributed by atoms with Gasteiger partial charge in [-0.3, -0.25) is 0 Å². The van der Waals surface area contributed by atoms with Crippen molar-refractivity contribution in [1.82, 2.24) is 0 Å². The van der Waals surface area contributed by atoms with E-state index in [1.807, 2.05) is 0 Å². The third-order valence-corrected chi connectivity index (χ3v) is 11.5. The highest BCUT2D eigenvalue weighted by Crippen LogP contribution is 2.58. The van der Waals surface area contributed by atoms with E-state index in [0.717, 1.165) is 31.4 Å². The van der Waals surface area contributed by atoms with Gasteiger partial charge in [0, 0.05) is 5.56 Å². The first-order chi connectivity index (χ1) is 18.9. The van der Waals surface area contributed by atoms with Crippen LogP contribution in [0.5, 0.6) is 5.75 Å². The Labute approximate surface area is 228 Å². The number of benzene rings is 5. The van der Waals surface area contributed by atoms with Crippen LogP contribution in [0.4, 0.5) is 0 Å². The second-order valence-electron chi connectivity index (χ2n) is 9.73.